The first kappa shape index (κ1) is 15.8. The summed E-state index contributed by atoms with van der Waals surface area (Å²) in [6.07, 6.45) is 6.94. The van der Waals surface area contributed by atoms with E-state index >= 15 is 0 Å². The zero-order chi connectivity index (χ0) is 15.7. The summed E-state index contributed by atoms with van der Waals surface area (Å²) in [7, 11) is 0. The third-order valence-corrected chi connectivity index (χ3v) is 5.87. The van der Waals surface area contributed by atoms with Crippen molar-refractivity contribution < 1.29 is 15.0 Å². The van der Waals surface area contributed by atoms with Crippen LogP contribution in [-0.2, 0) is 4.79 Å². The van der Waals surface area contributed by atoms with Crippen LogP contribution in [0.1, 0.15) is 56.4 Å². The number of halogens is 1. The molecule has 4 heteroatoms. The fourth-order valence-corrected chi connectivity index (χ4v) is 4.93. The number of hydrogen-bond donors (Lipinski definition) is 2. The molecule has 0 aliphatic heterocycles. The van der Waals surface area contributed by atoms with Crippen LogP contribution in [-0.4, -0.2) is 21.8 Å². The molecule has 0 bridgehead atoms. The monoisotopic (exact) mass is 322 g/mol. The molecular formula is C18H23ClO3. The normalized spacial score (nSPS) is 33.0. The summed E-state index contributed by atoms with van der Waals surface area (Å²) in [5.41, 5.74) is -0.534. The molecule has 2 aliphatic carbocycles. The van der Waals surface area contributed by atoms with Crippen LogP contribution in [0.3, 0.4) is 0 Å². The van der Waals surface area contributed by atoms with Gasteiger partial charge in [-0.1, -0.05) is 49.4 Å². The highest BCUT2D eigenvalue weighted by molar-refractivity contribution is 6.30. The summed E-state index contributed by atoms with van der Waals surface area (Å²) in [5.74, 6) is -1.28. The van der Waals surface area contributed by atoms with Crippen molar-refractivity contribution in [3.8, 4) is 0 Å². The molecule has 0 spiro atoms. The number of carboxylic acids is 1. The summed E-state index contributed by atoms with van der Waals surface area (Å²) in [4.78, 5) is 12.0. The van der Waals surface area contributed by atoms with Crippen molar-refractivity contribution in [2.45, 2.75) is 56.5 Å². The Bertz CT molecular complexity index is 557. The van der Waals surface area contributed by atoms with Gasteiger partial charge in [-0.25, -0.2) is 0 Å². The number of fused-ring (bicyclic) bond motifs is 1. The van der Waals surface area contributed by atoms with Crippen LogP contribution in [0.4, 0.5) is 0 Å². The van der Waals surface area contributed by atoms with Gasteiger partial charge in [0.05, 0.1) is 5.60 Å². The first-order valence-corrected chi connectivity index (χ1v) is 8.61. The van der Waals surface area contributed by atoms with Crippen LogP contribution in [0.2, 0.25) is 5.02 Å². The summed E-state index contributed by atoms with van der Waals surface area (Å²) in [6, 6.07) is 6.95. The first-order chi connectivity index (χ1) is 10.5. The molecule has 22 heavy (non-hydrogen) atoms. The number of aliphatic carboxylic acids is 1. The molecule has 3 rings (SSSR count). The molecule has 0 saturated heterocycles. The Balaban J connectivity index is 2.00. The first-order valence-electron chi connectivity index (χ1n) is 8.23. The largest absolute Gasteiger partial charge is 0.481 e. The van der Waals surface area contributed by atoms with Gasteiger partial charge in [0.1, 0.15) is 5.92 Å². The number of carbonyl (C=O) groups is 1. The van der Waals surface area contributed by atoms with Crippen molar-refractivity contribution in [2.75, 3.05) is 0 Å². The van der Waals surface area contributed by atoms with Crippen LogP contribution < -0.4 is 0 Å². The lowest BCUT2D eigenvalue weighted by molar-refractivity contribution is -0.158. The lowest BCUT2D eigenvalue weighted by atomic mass is 9.58. The zero-order valence-corrected chi connectivity index (χ0v) is 13.4. The third-order valence-electron chi connectivity index (χ3n) is 5.63. The van der Waals surface area contributed by atoms with Crippen molar-refractivity contribution >= 4 is 17.6 Å². The van der Waals surface area contributed by atoms with Crippen molar-refractivity contribution in [1.29, 1.82) is 0 Å². The predicted molar refractivity (Wildman–Crippen MR) is 86.1 cm³/mol. The Hall–Kier alpha value is -1.06. The van der Waals surface area contributed by atoms with Gasteiger partial charge in [-0.05, 0) is 48.8 Å². The highest BCUT2D eigenvalue weighted by Gasteiger charge is 2.52. The van der Waals surface area contributed by atoms with Gasteiger partial charge in [0.15, 0.2) is 0 Å². The minimum absolute atomic E-state index is 0.0927. The smallest absolute Gasteiger partial charge is 0.313 e. The highest BCUT2D eigenvalue weighted by Crippen LogP contribution is 2.51. The van der Waals surface area contributed by atoms with Crippen LogP contribution in [0.15, 0.2) is 24.3 Å². The van der Waals surface area contributed by atoms with Crippen molar-refractivity contribution in [3.05, 3.63) is 34.9 Å². The number of rotatable bonds is 3. The molecule has 0 aromatic heterocycles. The number of carboxylic acid groups (broad SMARTS) is 1. The van der Waals surface area contributed by atoms with E-state index in [0.717, 1.165) is 32.1 Å². The predicted octanol–water partition coefficient (Wildman–Crippen LogP) is 4.23. The lowest BCUT2D eigenvalue weighted by Crippen LogP contribution is -2.52. The zero-order valence-electron chi connectivity index (χ0n) is 12.7. The summed E-state index contributed by atoms with van der Waals surface area (Å²) in [5, 5.41) is 21.8. The highest BCUT2D eigenvalue weighted by atomic mass is 35.5. The molecule has 1 aromatic carbocycles. The van der Waals surface area contributed by atoms with Gasteiger partial charge in [-0.15, -0.1) is 0 Å². The van der Waals surface area contributed by atoms with Crippen molar-refractivity contribution in [2.24, 2.45) is 11.8 Å². The fraction of sp³-hybridized carbons (Fsp3) is 0.611. The van der Waals surface area contributed by atoms with E-state index in [1.54, 1.807) is 24.3 Å². The van der Waals surface area contributed by atoms with Gasteiger partial charge < -0.3 is 10.2 Å². The molecule has 2 aliphatic rings. The topological polar surface area (TPSA) is 57.5 Å². The van der Waals surface area contributed by atoms with Crippen LogP contribution in [0.5, 0.6) is 0 Å². The summed E-state index contributed by atoms with van der Waals surface area (Å²) < 4.78 is 0. The van der Waals surface area contributed by atoms with E-state index in [2.05, 4.69) is 0 Å². The number of hydrogen-bond acceptors (Lipinski definition) is 2. The fourth-order valence-electron chi connectivity index (χ4n) is 4.73. The molecular weight excluding hydrogens is 300 g/mol. The van der Waals surface area contributed by atoms with E-state index < -0.39 is 17.5 Å². The molecule has 0 amide bonds. The second kappa shape index (κ2) is 6.21. The molecule has 0 unspecified atom stereocenters. The van der Waals surface area contributed by atoms with E-state index in [1.807, 2.05) is 0 Å². The van der Waals surface area contributed by atoms with Crippen molar-refractivity contribution in [3.63, 3.8) is 0 Å². The molecule has 3 nitrogen and oxygen atoms in total. The molecule has 120 valence electrons. The number of benzene rings is 1. The Morgan fingerprint density at radius 1 is 1.23 bits per heavy atom. The second-order valence-electron chi connectivity index (χ2n) is 6.86. The minimum Gasteiger partial charge on any atom is -0.481 e. The van der Waals surface area contributed by atoms with Gasteiger partial charge in [0.2, 0.25) is 0 Å². The minimum atomic E-state index is -1.15. The van der Waals surface area contributed by atoms with Gasteiger partial charge in [0.25, 0.3) is 0 Å². The molecule has 2 saturated carbocycles. The van der Waals surface area contributed by atoms with E-state index in [-0.39, 0.29) is 5.92 Å². The standard InChI is InChI=1S/C18H23ClO3/c19-14-8-3-6-13(11-14)16(17(20)21)18(22)10-4-7-12-5-1-2-9-15(12)18/h3,6,8,11-12,15-16,22H,1-2,4-5,7,9-10H2,(H,20,21)/t12-,15+,16-,18-/m0/s1. The molecule has 2 fully saturated rings. The average molecular weight is 323 g/mol. The van der Waals surface area contributed by atoms with E-state index in [9.17, 15) is 15.0 Å². The van der Waals surface area contributed by atoms with E-state index in [4.69, 9.17) is 11.6 Å². The van der Waals surface area contributed by atoms with E-state index in [1.165, 1.54) is 6.42 Å². The SMILES string of the molecule is O=C(O)[C@H](c1cccc(Cl)c1)[C@]1(O)CCC[C@@H]2CCCC[C@H]21. The molecule has 2 N–H and O–H groups in total. The van der Waals surface area contributed by atoms with Gasteiger partial charge in [-0.2, -0.15) is 0 Å². The van der Waals surface area contributed by atoms with Crippen LogP contribution >= 0.6 is 11.6 Å². The average Bonchev–Trinajstić information content (AvgIpc) is 2.47. The maximum Gasteiger partial charge on any atom is 0.313 e. The molecule has 1 aromatic rings. The Morgan fingerprint density at radius 3 is 2.68 bits per heavy atom. The van der Waals surface area contributed by atoms with Crippen molar-refractivity contribution in [1.82, 2.24) is 0 Å². The third kappa shape index (κ3) is 2.77. The molecule has 0 heterocycles. The van der Waals surface area contributed by atoms with Crippen LogP contribution in [0, 0.1) is 11.8 Å². The van der Waals surface area contributed by atoms with Gasteiger partial charge in [0, 0.05) is 5.02 Å². The maximum atomic E-state index is 12.0. The number of aliphatic hydroxyl groups is 1. The Morgan fingerprint density at radius 2 is 1.95 bits per heavy atom. The maximum absolute atomic E-state index is 12.0. The van der Waals surface area contributed by atoms with Gasteiger partial charge >= 0.3 is 5.97 Å². The molecule has 0 radical (unpaired) electrons. The summed E-state index contributed by atoms with van der Waals surface area (Å²) >= 11 is 6.04. The second-order valence-corrected chi connectivity index (χ2v) is 7.30. The lowest BCUT2D eigenvalue weighted by Gasteiger charge is -2.50. The summed E-state index contributed by atoms with van der Waals surface area (Å²) in [6.45, 7) is 0. The molecule has 4 atom stereocenters. The Labute approximate surface area is 136 Å². The van der Waals surface area contributed by atoms with Gasteiger partial charge in [-0.3, -0.25) is 4.79 Å². The van der Waals surface area contributed by atoms with E-state index in [0.29, 0.717) is 22.9 Å². The quantitative estimate of drug-likeness (QED) is 0.875. The Kier molecular flexibility index (Phi) is 4.47. The van der Waals surface area contributed by atoms with Crippen LogP contribution in [0.25, 0.3) is 0 Å².